The van der Waals surface area contributed by atoms with Crippen molar-refractivity contribution in [3.05, 3.63) is 54.6 Å². The lowest BCUT2D eigenvalue weighted by Crippen LogP contribution is -2.31. The summed E-state index contributed by atoms with van der Waals surface area (Å²) < 4.78 is 20.6. The van der Waals surface area contributed by atoms with Crippen molar-refractivity contribution in [3.8, 4) is 0 Å². The van der Waals surface area contributed by atoms with Crippen molar-refractivity contribution < 1.29 is 28.9 Å². The molecular formula is C27H29N9O6. The molecule has 0 radical (unpaired) electrons. The molecule has 1 aromatic carbocycles. The van der Waals surface area contributed by atoms with Crippen molar-refractivity contribution in [1.82, 2.24) is 24.8 Å². The Balaban J connectivity index is 1.22. The third-order valence-corrected chi connectivity index (χ3v) is 7.31. The van der Waals surface area contributed by atoms with Gasteiger partial charge in [-0.1, -0.05) is 36.4 Å². The number of anilines is 1. The van der Waals surface area contributed by atoms with Gasteiger partial charge in [-0.2, -0.15) is 5.11 Å². The molecule has 4 heterocycles. The van der Waals surface area contributed by atoms with Crippen LogP contribution in [-0.2, 0) is 19.0 Å². The number of carbonyl (C=O) groups excluding carboxylic acids is 1. The molecule has 3 aliphatic rings. The highest BCUT2D eigenvalue weighted by Gasteiger charge is 2.52. The number of carboxylic acids is 1. The first-order chi connectivity index (χ1) is 20.5. The molecule has 3 aromatic rings. The Morgan fingerprint density at radius 1 is 1.14 bits per heavy atom. The van der Waals surface area contributed by atoms with Gasteiger partial charge in [0.1, 0.15) is 18.5 Å². The number of nitrogens with zero attached hydrogens (tertiary/aromatic N) is 7. The first-order valence-electron chi connectivity index (χ1n) is 13.6. The Morgan fingerprint density at radius 3 is 2.79 bits per heavy atom. The molecule has 0 spiro atoms. The fourth-order valence-corrected chi connectivity index (χ4v) is 5.43. The minimum absolute atomic E-state index is 0.0292. The summed E-state index contributed by atoms with van der Waals surface area (Å²) >= 11 is 0. The average Bonchev–Trinajstić information content (AvgIpc) is 3.77. The van der Waals surface area contributed by atoms with Gasteiger partial charge in [-0.05, 0) is 30.2 Å². The molecule has 42 heavy (non-hydrogen) atoms. The molecule has 2 amide bonds. The van der Waals surface area contributed by atoms with E-state index in [0.717, 1.165) is 5.56 Å². The first kappa shape index (κ1) is 27.6. The minimum atomic E-state index is -1.18. The van der Waals surface area contributed by atoms with Crippen LogP contribution >= 0.6 is 0 Å². The Bertz CT molecular complexity index is 1540. The van der Waals surface area contributed by atoms with E-state index in [2.05, 4.69) is 41.0 Å². The van der Waals surface area contributed by atoms with Crippen LogP contribution in [0, 0.1) is 5.92 Å². The van der Waals surface area contributed by atoms with E-state index < -0.39 is 18.3 Å². The smallest absolute Gasteiger partial charge is 0.354 e. The van der Waals surface area contributed by atoms with Crippen LogP contribution in [0.1, 0.15) is 24.9 Å². The molecule has 2 aliphatic heterocycles. The summed E-state index contributed by atoms with van der Waals surface area (Å²) in [5.74, 6) is -0.968. The summed E-state index contributed by atoms with van der Waals surface area (Å²) in [7, 11) is 0. The Kier molecular flexibility index (Phi) is 7.94. The second-order valence-corrected chi connectivity index (χ2v) is 9.98. The lowest BCUT2D eigenvalue weighted by Gasteiger charge is -2.20. The fourth-order valence-electron chi connectivity index (χ4n) is 5.43. The molecule has 15 nitrogen and oxygen atoms in total. The number of imidazole rings is 1. The molecule has 2 fully saturated rings. The van der Waals surface area contributed by atoms with E-state index in [0.29, 0.717) is 29.9 Å². The van der Waals surface area contributed by atoms with Crippen molar-refractivity contribution in [2.75, 3.05) is 25.1 Å². The monoisotopic (exact) mass is 575 g/mol. The van der Waals surface area contributed by atoms with E-state index in [1.807, 2.05) is 54.0 Å². The topological polar surface area (TPSA) is 187 Å². The zero-order valence-electron chi connectivity index (χ0n) is 22.6. The van der Waals surface area contributed by atoms with Crippen LogP contribution in [0.3, 0.4) is 0 Å². The predicted molar refractivity (Wildman–Crippen MR) is 149 cm³/mol. The van der Waals surface area contributed by atoms with E-state index in [1.165, 1.54) is 6.33 Å². The zero-order chi connectivity index (χ0) is 29.1. The molecule has 1 saturated heterocycles. The maximum Gasteiger partial charge on any atom is 0.354 e. The first-order valence-corrected chi connectivity index (χ1v) is 13.6. The number of carboxylic acid groups (broad SMARTS) is 1. The van der Waals surface area contributed by atoms with Gasteiger partial charge in [-0.25, -0.2) is 24.5 Å². The van der Waals surface area contributed by atoms with Gasteiger partial charge in [0.15, 0.2) is 29.0 Å². The number of hydrogen-bond donors (Lipinski definition) is 3. The van der Waals surface area contributed by atoms with Gasteiger partial charge < -0.3 is 29.2 Å². The summed E-state index contributed by atoms with van der Waals surface area (Å²) in [5, 5.41) is 25.6. The molecule has 5 unspecified atom stereocenters. The van der Waals surface area contributed by atoms with Crippen LogP contribution in [-0.4, -0.2) is 86.6 Å². The van der Waals surface area contributed by atoms with Crippen molar-refractivity contribution in [3.63, 3.8) is 0 Å². The Hall–Kier alpha value is -4.60. The van der Waals surface area contributed by atoms with Gasteiger partial charge in [0, 0.05) is 12.5 Å². The van der Waals surface area contributed by atoms with E-state index in [9.17, 15) is 14.7 Å². The summed E-state index contributed by atoms with van der Waals surface area (Å²) in [6, 6.07) is 8.49. The minimum Gasteiger partial charge on any atom is -0.477 e. The molecule has 3 N–H and O–H groups in total. The van der Waals surface area contributed by atoms with Gasteiger partial charge in [-0.3, -0.25) is 5.32 Å². The van der Waals surface area contributed by atoms with Crippen LogP contribution in [0.5, 0.6) is 0 Å². The van der Waals surface area contributed by atoms with Gasteiger partial charge in [0.2, 0.25) is 0 Å². The number of benzene rings is 1. The maximum absolute atomic E-state index is 12.1. The van der Waals surface area contributed by atoms with Gasteiger partial charge in [0.05, 0.1) is 31.7 Å². The van der Waals surface area contributed by atoms with Crippen LogP contribution in [0.4, 0.5) is 10.6 Å². The average molecular weight is 576 g/mol. The van der Waals surface area contributed by atoms with Crippen molar-refractivity contribution in [2.45, 2.75) is 43.9 Å². The maximum atomic E-state index is 12.1. The third kappa shape index (κ3) is 5.61. The number of aliphatic carboxylic acids is 1. The van der Waals surface area contributed by atoms with Gasteiger partial charge >= 0.3 is 12.0 Å². The molecule has 1 aliphatic carbocycles. The van der Waals surface area contributed by atoms with E-state index in [1.54, 1.807) is 6.33 Å². The summed E-state index contributed by atoms with van der Waals surface area (Å²) in [5.41, 5.74) is 1.86. The number of carbonyl (C=O) groups is 2. The third-order valence-electron chi connectivity index (χ3n) is 7.31. The number of rotatable bonds is 10. The highest BCUT2D eigenvalue weighted by atomic mass is 16.7. The summed E-state index contributed by atoms with van der Waals surface area (Å²) in [4.78, 5) is 36.7. The molecule has 0 bridgehead atoms. The number of fused-ring (bicyclic) bond motifs is 2. The van der Waals surface area contributed by atoms with Crippen LogP contribution < -0.4 is 10.6 Å². The number of urea groups is 1. The predicted octanol–water partition coefficient (Wildman–Crippen LogP) is 2.64. The number of hydrogen-bond acceptors (Lipinski definition) is 11. The van der Waals surface area contributed by atoms with E-state index >= 15 is 0 Å². The molecule has 15 heteroatoms. The standard InChI is InChI=1S/C27H29N9O6/c1-2-28-27(39)32-24-21-25(30-13-29-24)36(14-31-21)18-10-16(11-40-12-17-20(26(37)38)34-35-33-17)22-23(18)42-19(41-22)9-8-15-6-4-3-5-7-15/h3-9,13-14,16-19,22-23H,2,10-12H2,1H3,(H,37,38)(H2,28,29,30,32,39)/b9-8+/t16?,17?,18?,19-,22?,23?/m0/s1. The summed E-state index contributed by atoms with van der Waals surface area (Å²) in [6.07, 6.45) is 6.24. The van der Waals surface area contributed by atoms with Crippen molar-refractivity contribution in [1.29, 1.82) is 0 Å². The van der Waals surface area contributed by atoms with Crippen LogP contribution in [0.25, 0.3) is 17.2 Å². The van der Waals surface area contributed by atoms with Crippen molar-refractivity contribution >= 4 is 40.8 Å². The summed E-state index contributed by atoms with van der Waals surface area (Å²) in [6.45, 7) is 2.60. The largest absolute Gasteiger partial charge is 0.477 e. The second kappa shape index (κ2) is 12.1. The molecular weight excluding hydrogens is 546 g/mol. The zero-order valence-corrected chi connectivity index (χ0v) is 22.6. The highest BCUT2D eigenvalue weighted by Crippen LogP contribution is 2.45. The van der Waals surface area contributed by atoms with Crippen LogP contribution in [0.2, 0.25) is 0 Å². The Labute approximate surface area is 239 Å². The van der Waals surface area contributed by atoms with E-state index in [4.69, 9.17) is 14.2 Å². The van der Waals surface area contributed by atoms with Gasteiger partial charge in [0.25, 0.3) is 0 Å². The second-order valence-electron chi connectivity index (χ2n) is 9.98. The molecule has 6 atom stereocenters. The van der Waals surface area contributed by atoms with Crippen LogP contribution in [0.15, 0.2) is 64.5 Å². The van der Waals surface area contributed by atoms with E-state index in [-0.39, 0.29) is 49.1 Å². The molecule has 6 rings (SSSR count). The lowest BCUT2D eigenvalue weighted by atomic mass is 10.1. The molecule has 2 aromatic heterocycles. The molecule has 1 saturated carbocycles. The Morgan fingerprint density at radius 2 is 1.98 bits per heavy atom. The van der Waals surface area contributed by atoms with Crippen molar-refractivity contribution in [2.24, 2.45) is 21.4 Å². The number of ether oxygens (including phenoxy) is 3. The SMILES string of the molecule is CCNC(=O)Nc1ncnc2c1ncn2C1CC(COCC2N=NN=C2C(=O)O)C2O[C@H](/C=C/c3ccccc3)OC21. The lowest BCUT2D eigenvalue weighted by molar-refractivity contribution is -0.129. The number of aromatic nitrogens is 4. The highest BCUT2D eigenvalue weighted by molar-refractivity contribution is 6.38. The van der Waals surface area contributed by atoms with Gasteiger partial charge in [-0.15, -0.1) is 5.10 Å². The normalized spacial score (nSPS) is 26.5. The quantitative estimate of drug-likeness (QED) is 0.327. The number of amides is 2. The molecule has 218 valence electrons. The fraction of sp³-hybridized carbons (Fsp3) is 0.407. The number of nitrogens with one attached hydrogen (secondary N) is 2.